The maximum absolute atomic E-state index is 12.5. The Bertz CT molecular complexity index is 1290. The fraction of sp³-hybridized carbons (Fsp3) is 0.444. The lowest BCUT2D eigenvalue weighted by atomic mass is 9.80. The number of benzene rings is 3. The zero-order valence-electron chi connectivity index (χ0n) is 27.5. The fourth-order valence-electron chi connectivity index (χ4n) is 5.48. The molecule has 0 unspecified atom stereocenters. The quantitative estimate of drug-likeness (QED) is 0.132. The van der Waals surface area contributed by atoms with Gasteiger partial charge in [-0.1, -0.05) is 112 Å². The summed E-state index contributed by atoms with van der Waals surface area (Å²) in [5.41, 5.74) is 1.66. The van der Waals surface area contributed by atoms with Gasteiger partial charge in [0, 0.05) is 21.0 Å². The minimum atomic E-state index is -2.44. The SMILES string of the molecule is CO[C@H]1O[C@H](COC(c2ccccc2)(c2ccccc2)c2ccccc2)[C@@H](OC(C)=O)[C@H](OC(C)=O)[C@H]1O[Si](C)(C)C(C)(C)C. The molecule has 4 rings (SSSR count). The number of hydrogen-bond acceptors (Lipinski definition) is 8. The zero-order valence-corrected chi connectivity index (χ0v) is 28.5. The molecule has 1 aliphatic rings. The number of esters is 2. The second kappa shape index (κ2) is 14.4. The molecule has 1 aliphatic heterocycles. The van der Waals surface area contributed by atoms with E-state index < -0.39 is 56.6 Å². The molecule has 45 heavy (non-hydrogen) atoms. The second-order valence-corrected chi connectivity index (χ2v) is 17.6. The molecule has 1 heterocycles. The van der Waals surface area contributed by atoms with Crippen LogP contribution in [0, 0.1) is 0 Å². The standard InChI is InChI=1S/C36H46O8Si/c1-25(37)41-31-30(43-34(39-6)33(32(31)42-26(2)38)44-45(7,8)35(3,4)5)24-40-36(27-18-12-9-13-19-27,28-20-14-10-15-21-28)29-22-16-11-17-23-29/h9-23,30-34H,24H2,1-8H3/t30-,31-,32+,33-,34+/m1/s1. The van der Waals surface area contributed by atoms with Crippen LogP contribution in [0.1, 0.15) is 51.3 Å². The van der Waals surface area contributed by atoms with E-state index in [4.69, 9.17) is 28.1 Å². The first-order valence-corrected chi connectivity index (χ1v) is 18.2. The average Bonchev–Trinajstić information content (AvgIpc) is 3.00. The van der Waals surface area contributed by atoms with Crippen LogP contribution in [0.4, 0.5) is 0 Å². The van der Waals surface area contributed by atoms with Crippen LogP contribution in [0.25, 0.3) is 0 Å². The van der Waals surface area contributed by atoms with Crippen LogP contribution in [0.3, 0.4) is 0 Å². The van der Waals surface area contributed by atoms with Crippen molar-refractivity contribution in [2.45, 2.75) is 89.1 Å². The number of hydrogen-bond donors (Lipinski definition) is 0. The fourth-order valence-corrected chi connectivity index (χ4v) is 6.76. The van der Waals surface area contributed by atoms with Crippen LogP contribution in [-0.4, -0.2) is 64.7 Å². The van der Waals surface area contributed by atoms with Gasteiger partial charge in [-0.05, 0) is 34.8 Å². The van der Waals surface area contributed by atoms with Crippen LogP contribution in [0.15, 0.2) is 91.0 Å². The lowest BCUT2D eigenvalue weighted by Gasteiger charge is -2.49. The maximum atomic E-state index is 12.5. The number of methoxy groups -OCH3 is 1. The molecule has 0 amide bonds. The van der Waals surface area contributed by atoms with Gasteiger partial charge < -0.3 is 28.1 Å². The molecule has 0 bridgehead atoms. The van der Waals surface area contributed by atoms with Gasteiger partial charge in [-0.2, -0.15) is 0 Å². The van der Waals surface area contributed by atoms with Gasteiger partial charge in [-0.15, -0.1) is 0 Å². The Balaban J connectivity index is 1.81. The van der Waals surface area contributed by atoms with E-state index in [0.29, 0.717) is 0 Å². The monoisotopic (exact) mass is 634 g/mol. The van der Waals surface area contributed by atoms with E-state index in [-0.39, 0.29) is 11.6 Å². The van der Waals surface area contributed by atoms with Gasteiger partial charge in [0.2, 0.25) is 0 Å². The van der Waals surface area contributed by atoms with Crippen LogP contribution in [0.2, 0.25) is 18.1 Å². The smallest absolute Gasteiger partial charge is 0.303 e. The van der Waals surface area contributed by atoms with E-state index in [1.54, 1.807) is 0 Å². The molecule has 5 atom stereocenters. The molecule has 1 saturated heterocycles. The number of ether oxygens (including phenoxy) is 5. The molecule has 1 fully saturated rings. The average molecular weight is 635 g/mol. The van der Waals surface area contributed by atoms with E-state index in [1.165, 1.54) is 21.0 Å². The molecular formula is C36H46O8Si. The van der Waals surface area contributed by atoms with Crippen molar-refractivity contribution in [3.63, 3.8) is 0 Å². The summed E-state index contributed by atoms with van der Waals surface area (Å²) < 4.78 is 37.9. The van der Waals surface area contributed by atoms with Gasteiger partial charge in [-0.3, -0.25) is 9.59 Å². The van der Waals surface area contributed by atoms with Crippen molar-refractivity contribution in [2.75, 3.05) is 13.7 Å². The van der Waals surface area contributed by atoms with Crippen LogP contribution < -0.4 is 0 Å². The number of rotatable bonds is 11. The van der Waals surface area contributed by atoms with E-state index in [0.717, 1.165) is 16.7 Å². The van der Waals surface area contributed by atoms with Crippen LogP contribution in [0.5, 0.6) is 0 Å². The van der Waals surface area contributed by atoms with Crippen LogP contribution in [-0.2, 0) is 43.3 Å². The number of carbonyl (C=O) groups excluding carboxylic acids is 2. The van der Waals surface area contributed by atoms with Crippen molar-refractivity contribution >= 4 is 20.3 Å². The first-order chi connectivity index (χ1) is 21.3. The summed E-state index contributed by atoms with van der Waals surface area (Å²) in [6.45, 7) is 13.1. The third-order valence-corrected chi connectivity index (χ3v) is 13.1. The molecule has 0 N–H and O–H groups in total. The normalized spacial score (nSPS) is 22.4. The third-order valence-electron chi connectivity index (χ3n) is 8.67. The Kier molecular flexibility index (Phi) is 11.0. The van der Waals surface area contributed by atoms with E-state index in [1.807, 2.05) is 91.0 Å². The van der Waals surface area contributed by atoms with Crippen molar-refractivity contribution in [3.05, 3.63) is 108 Å². The summed E-state index contributed by atoms with van der Waals surface area (Å²) in [4.78, 5) is 25.0. The summed E-state index contributed by atoms with van der Waals surface area (Å²) in [5, 5.41) is -0.163. The highest BCUT2D eigenvalue weighted by Crippen LogP contribution is 2.43. The van der Waals surface area contributed by atoms with Crippen molar-refractivity contribution in [2.24, 2.45) is 0 Å². The molecule has 8 nitrogen and oxygen atoms in total. The summed E-state index contributed by atoms with van der Waals surface area (Å²) in [5.74, 6) is -1.09. The van der Waals surface area contributed by atoms with Gasteiger partial charge in [0.15, 0.2) is 26.8 Å². The van der Waals surface area contributed by atoms with Crippen molar-refractivity contribution in [1.82, 2.24) is 0 Å². The predicted molar refractivity (Wildman–Crippen MR) is 174 cm³/mol. The second-order valence-electron chi connectivity index (χ2n) is 12.9. The Morgan fingerprint density at radius 3 is 1.51 bits per heavy atom. The van der Waals surface area contributed by atoms with Crippen molar-refractivity contribution in [3.8, 4) is 0 Å². The minimum Gasteiger partial charge on any atom is -0.456 e. The van der Waals surface area contributed by atoms with Gasteiger partial charge in [0.25, 0.3) is 0 Å². The Morgan fingerprint density at radius 1 is 0.711 bits per heavy atom. The molecule has 242 valence electrons. The zero-order chi connectivity index (χ0) is 32.8. The molecule has 3 aromatic carbocycles. The molecule has 0 spiro atoms. The van der Waals surface area contributed by atoms with Crippen molar-refractivity contribution in [1.29, 1.82) is 0 Å². The first-order valence-electron chi connectivity index (χ1n) is 15.3. The minimum absolute atomic E-state index is 0.0406. The predicted octanol–water partition coefficient (Wildman–Crippen LogP) is 6.62. The van der Waals surface area contributed by atoms with Gasteiger partial charge in [-0.25, -0.2) is 0 Å². The molecule has 9 heteroatoms. The highest BCUT2D eigenvalue weighted by atomic mass is 28.4. The highest BCUT2D eigenvalue weighted by Gasteiger charge is 2.54. The maximum Gasteiger partial charge on any atom is 0.303 e. The van der Waals surface area contributed by atoms with Crippen molar-refractivity contribution < 1.29 is 37.7 Å². The summed E-state index contributed by atoms with van der Waals surface area (Å²) >= 11 is 0. The Labute approximate surface area is 268 Å². The third kappa shape index (κ3) is 7.73. The first kappa shape index (κ1) is 34.5. The molecule has 0 saturated carbocycles. The summed E-state index contributed by atoms with van der Waals surface area (Å²) in [6.07, 6.45) is -4.69. The van der Waals surface area contributed by atoms with Gasteiger partial charge >= 0.3 is 11.9 Å². The molecule has 0 aliphatic carbocycles. The molecular weight excluding hydrogens is 588 g/mol. The number of carbonyl (C=O) groups is 2. The Hall–Kier alpha value is -3.34. The van der Waals surface area contributed by atoms with Gasteiger partial charge in [0.1, 0.15) is 17.8 Å². The van der Waals surface area contributed by atoms with E-state index >= 15 is 0 Å². The lowest BCUT2D eigenvalue weighted by Crippen LogP contribution is -2.65. The van der Waals surface area contributed by atoms with E-state index in [9.17, 15) is 9.59 Å². The molecule has 3 aromatic rings. The summed E-state index contributed by atoms with van der Waals surface area (Å²) in [6, 6.07) is 29.8. The highest BCUT2D eigenvalue weighted by molar-refractivity contribution is 6.74. The lowest BCUT2D eigenvalue weighted by molar-refractivity contribution is -0.300. The molecule has 0 aromatic heterocycles. The summed E-state index contributed by atoms with van der Waals surface area (Å²) in [7, 11) is -0.921. The molecule has 0 radical (unpaired) electrons. The van der Waals surface area contributed by atoms with Crippen LogP contribution >= 0.6 is 0 Å². The topological polar surface area (TPSA) is 89.5 Å². The largest absolute Gasteiger partial charge is 0.456 e. The Morgan fingerprint density at radius 2 is 1.13 bits per heavy atom. The van der Waals surface area contributed by atoms with Gasteiger partial charge in [0.05, 0.1) is 6.61 Å². The van der Waals surface area contributed by atoms with E-state index in [2.05, 4.69) is 33.9 Å².